The first-order valence-electron chi connectivity index (χ1n) is 21.7. The molecule has 0 atom stereocenters. The largest absolute Gasteiger partial charge is 0.309 e. The van der Waals surface area contributed by atoms with E-state index >= 15 is 0 Å². The van der Waals surface area contributed by atoms with E-state index in [4.69, 9.17) is 15.1 Å². The van der Waals surface area contributed by atoms with E-state index in [1.165, 1.54) is 4.57 Å². The molecule has 0 aliphatic heterocycles. The zero-order valence-corrected chi connectivity index (χ0v) is 23.3. The third kappa shape index (κ3) is 3.41. The Labute approximate surface area is 280 Å². The van der Waals surface area contributed by atoms with E-state index in [0.29, 0.717) is 5.69 Å². The highest BCUT2D eigenvalue weighted by Crippen LogP contribution is 2.39. The van der Waals surface area contributed by atoms with Crippen molar-refractivity contribution in [3.05, 3.63) is 163 Å². The fourth-order valence-corrected chi connectivity index (χ4v) is 6.47. The van der Waals surface area contributed by atoms with Crippen LogP contribution in [0.1, 0.15) is 20.6 Å². The van der Waals surface area contributed by atoms with Gasteiger partial charge in [-0.25, -0.2) is 0 Å². The summed E-state index contributed by atoms with van der Waals surface area (Å²) in [5.74, 6) is 0. The minimum absolute atomic E-state index is 0.0771. The summed E-state index contributed by atoms with van der Waals surface area (Å²) in [4.78, 5) is 0. The van der Waals surface area contributed by atoms with Crippen molar-refractivity contribution in [3.63, 3.8) is 0 Å². The van der Waals surface area contributed by atoms with Gasteiger partial charge in [-0.15, -0.1) is 0 Å². The molecule has 0 N–H and O–H groups in total. The first kappa shape index (κ1) is 14.1. The van der Waals surface area contributed by atoms with Gasteiger partial charge in [0.25, 0.3) is 0 Å². The Morgan fingerprint density at radius 1 is 0.333 bits per heavy atom. The molecule has 0 saturated carbocycles. The second kappa shape index (κ2) is 9.22. The summed E-state index contributed by atoms with van der Waals surface area (Å²) >= 11 is 0. The quantitative estimate of drug-likeness (QED) is 0.195. The predicted octanol–water partition coefficient (Wildman–Crippen LogP) is 11.0. The summed E-state index contributed by atoms with van der Waals surface area (Å²) in [5.41, 5.74) is 1.58. The molecular formula is C42H27N3. The fraction of sp³-hybridized carbons (Fsp3) is 0. The molecule has 0 saturated heterocycles. The van der Waals surface area contributed by atoms with Gasteiger partial charge < -0.3 is 13.7 Å². The van der Waals surface area contributed by atoms with Crippen molar-refractivity contribution < 1.29 is 20.6 Å². The molecular weight excluding hydrogens is 546 g/mol. The van der Waals surface area contributed by atoms with Crippen LogP contribution in [0.15, 0.2) is 163 Å². The standard InChI is InChI=1S/C42H27N3/c1-2-12-28(13-3-1)43-40-21-11-7-17-34(40)36-26-29(23-25-41(36)43)45-39-20-10-6-16-33(39)35-24-22-30(27-42(35)45)44-37-18-8-4-14-31(37)32-15-5-9-19-38(32)44/h1-27H/i4D,5D,6D,8D,9D,10D,14D,15D,16D,18D,19D,20D,22D,24D,27D. The van der Waals surface area contributed by atoms with E-state index in [1.54, 1.807) is 6.07 Å². The van der Waals surface area contributed by atoms with Gasteiger partial charge in [-0.3, -0.25) is 0 Å². The van der Waals surface area contributed by atoms with Crippen molar-refractivity contribution in [2.24, 2.45) is 0 Å². The first-order valence-corrected chi connectivity index (χ1v) is 14.2. The third-order valence-electron chi connectivity index (χ3n) is 8.33. The molecule has 0 bridgehead atoms. The van der Waals surface area contributed by atoms with Crippen molar-refractivity contribution in [1.82, 2.24) is 13.7 Å². The molecule has 10 aromatic rings. The minimum Gasteiger partial charge on any atom is -0.309 e. The Morgan fingerprint density at radius 2 is 0.867 bits per heavy atom. The maximum Gasteiger partial charge on any atom is 0.0667 e. The molecule has 0 radical (unpaired) electrons. The van der Waals surface area contributed by atoms with Crippen LogP contribution < -0.4 is 0 Å². The summed E-state index contributed by atoms with van der Waals surface area (Å²) in [6.45, 7) is 0. The van der Waals surface area contributed by atoms with Crippen molar-refractivity contribution >= 4 is 65.4 Å². The smallest absolute Gasteiger partial charge is 0.0667 e. The van der Waals surface area contributed by atoms with E-state index in [9.17, 15) is 5.48 Å². The number of para-hydroxylation sites is 5. The second-order valence-corrected chi connectivity index (χ2v) is 10.7. The molecule has 3 nitrogen and oxygen atoms in total. The van der Waals surface area contributed by atoms with E-state index < -0.39 is 96.3 Å². The molecule has 3 aromatic heterocycles. The van der Waals surface area contributed by atoms with Gasteiger partial charge >= 0.3 is 0 Å². The molecule has 0 fully saturated rings. The lowest BCUT2D eigenvalue weighted by atomic mass is 10.1. The van der Waals surface area contributed by atoms with Gasteiger partial charge in [0.15, 0.2) is 0 Å². The lowest BCUT2D eigenvalue weighted by molar-refractivity contribution is 1.15. The predicted molar refractivity (Wildman–Crippen MR) is 189 cm³/mol. The summed E-state index contributed by atoms with van der Waals surface area (Å²) in [7, 11) is 0. The van der Waals surface area contributed by atoms with Crippen LogP contribution in [0.2, 0.25) is 0 Å². The lowest BCUT2D eigenvalue weighted by Crippen LogP contribution is -1.97. The Morgan fingerprint density at radius 3 is 1.56 bits per heavy atom. The molecule has 0 amide bonds. The Bertz CT molecular complexity index is 3530. The lowest BCUT2D eigenvalue weighted by Gasteiger charge is -2.12. The molecule has 10 rings (SSSR count). The Hall–Kier alpha value is -6.06. The Balaban J connectivity index is 1.44. The molecule has 210 valence electrons. The number of hydrogen-bond acceptors (Lipinski definition) is 0. The average Bonchev–Trinajstić information content (AvgIpc) is 3.91. The van der Waals surface area contributed by atoms with Crippen LogP contribution in [0.25, 0.3) is 82.5 Å². The zero-order valence-electron chi connectivity index (χ0n) is 38.3. The van der Waals surface area contributed by atoms with Crippen LogP contribution in [0.4, 0.5) is 0 Å². The van der Waals surface area contributed by atoms with Crippen LogP contribution >= 0.6 is 0 Å². The highest BCUT2D eigenvalue weighted by atomic mass is 15.0. The van der Waals surface area contributed by atoms with Gasteiger partial charge in [-0.1, -0.05) is 96.8 Å². The summed E-state index contributed by atoms with van der Waals surface area (Å²) < 4.78 is 139. The highest BCUT2D eigenvalue weighted by molar-refractivity contribution is 6.13. The molecule has 45 heavy (non-hydrogen) atoms. The highest BCUT2D eigenvalue weighted by Gasteiger charge is 2.18. The molecule has 0 spiro atoms. The van der Waals surface area contributed by atoms with E-state index in [0.717, 1.165) is 32.1 Å². The molecule has 0 unspecified atom stereocenters. The van der Waals surface area contributed by atoms with E-state index in [2.05, 4.69) is 4.57 Å². The summed E-state index contributed by atoms with van der Waals surface area (Å²) in [6, 6.07) is 13.7. The number of benzene rings is 7. The van der Waals surface area contributed by atoms with Crippen LogP contribution in [0, 0.1) is 0 Å². The molecule has 0 aliphatic carbocycles. The van der Waals surface area contributed by atoms with Gasteiger partial charge in [0.1, 0.15) is 0 Å². The topological polar surface area (TPSA) is 14.8 Å². The number of rotatable bonds is 3. The van der Waals surface area contributed by atoms with E-state index in [1.807, 2.05) is 66.7 Å². The molecule has 3 heteroatoms. The van der Waals surface area contributed by atoms with Crippen LogP contribution in [0.5, 0.6) is 0 Å². The number of fused-ring (bicyclic) bond motifs is 9. The Kier molecular flexibility index (Phi) is 2.90. The summed E-state index contributed by atoms with van der Waals surface area (Å²) in [5, 5.41) is 0.810. The van der Waals surface area contributed by atoms with Gasteiger partial charge in [0, 0.05) is 49.4 Å². The van der Waals surface area contributed by atoms with Crippen molar-refractivity contribution in [1.29, 1.82) is 0 Å². The van der Waals surface area contributed by atoms with Gasteiger partial charge in [-0.2, -0.15) is 0 Å². The molecule has 7 aromatic carbocycles. The number of aromatic nitrogens is 3. The SMILES string of the molecule is [2H]c1c([2H])c([2H])c2c(c1[2H])c1c([2H])c([2H])c(-n3c4c([2H])c([2H])c([2H])c([2H])c4c4c([2H])c([2H])c([2H])c([2H])c43)c([2H])c1n2-c1ccc2c(c1)c1ccccc1n2-c1ccccc1. The maximum atomic E-state index is 9.98. The van der Waals surface area contributed by atoms with Crippen LogP contribution in [0.3, 0.4) is 0 Å². The van der Waals surface area contributed by atoms with Gasteiger partial charge in [0.05, 0.1) is 53.7 Å². The average molecular weight is 589 g/mol. The first-order chi connectivity index (χ1) is 28.6. The van der Waals surface area contributed by atoms with Crippen molar-refractivity contribution in [2.45, 2.75) is 0 Å². The van der Waals surface area contributed by atoms with Crippen LogP contribution in [-0.2, 0) is 0 Å². The zero-order chi connectivity index (χ0) is 42.5. The van der Waals surface area contributed by atoms with Gasteiger partial charge in [0.2, 0.25) is 0 Å². The van der Waals surface area contributed by atoms with Crippen LogP contribution in [-0.4, -0.2) is 13.7 Å². The van der Waals surface area contributed by atoms with Gasteiger partial charge in [-0.05, 0) is 66.6 Å². The normalized spacial score (nSPS) is 16.7. The molecule has 3 heterocycles. The number of hydrogen-bond donors (Lipinski definition) is 0. The minimum atomic E-state index is -0.697. The van der Waals surface area contributed by atoms with E-state index in [-0.39, 0.29) is 43.6 Å². The monoisotopic (exact) mass is 588 g/mol. The molecule has 0 aliphatic rings. The van der Waals surface area contributed by atoms with Crippen molar-refractivity contribution in [3.8, 4) is 17.1 Å². The fourth-order valence-electron chi connectivity index (χ4n) is 6.47. The third-order valence-corrected chi connectivity index (χ3v) is 8.33. The summed E-state index contributed by atoms with van der Waals surface area (Å²) in [6.07, 6.45) is 0. The number of nitrogens with zero attached hydrogens (tertiary/aromatic N) is 3. The second-order valence-electron chi connectivity index (χ2n) is 10.7. The maximum absolute atomic E-state index is 9.98. The van der Waals surface area contributed by atoms with Crippen molar-refractivity contribution in [2.75, 3.05) is 0 Å².